The second-order valence-corrected chi connectivity index (χ2v) is 4.83. The van der Waals surface area contributed by atoms with Crippen molar-refractivity contribution in [3.8, 4) is 11.4 Å². The highest BCUT2D eigenvalue weighted by Crippen LogP contribution is 2.17. The van der Waals surface area contributed by atoms with Crippen molar-refractivity contribution in [1.29, 1.82) is 0 Å². The van der Waals surface area contributed by atoms with Gasteiger partial charge < -0.3 is 0 Å². The summed E-state index contributed by atoms with van der Waals surface area (Å²) in [6.45, 7) is 2.14. The lowest BCUT2D eigenvalue weighted by molar-refractivity contribution is 1.06. The number of hydrogen-bond acceptors (Lipinski definition) is 2. The average Bonchev–Trinajstić information content (AvgIpc) is 2.51. The Kier molecular flexibility index (Phi) is 3.55. The molecule has 0 N–H and O–H groups in total. The number of rotatable bonds is 3. The summed E-state index contributed by atoms with van der Waals surface area (Å²) in [5.41, 5.74) is 5.54. The van der Waals surface area contributed by atoms with E-state index in [4.69, 9.17) is 4.98 Å². The molecule has 0 saturated carbocycles. The van der Waals surface area contributed by atoms with Gasteiger partial charge in [0.1, 0.15) is 0 Å². The summed E-state index contributed by atoms with van der Waals surface area (Å²) < 4.78 is 0. The van der Waals surface area contributed by atoms with E-state index in [0.29, 0.717) is 0 Å². The molecule has 0 radical (unpaired) electrons. The third-order valence-electron chi connectivity index (χ3n) is 3.37. The standard InChI is InChI=1S/C18H16N2/c1-14-7-2-3-8-15(14)13-16-9-6-11-18(20-16)17-10-4-5-12-19-17/h2-12H,13H2,1H3. The highest BCUT2D eigenvalue weighted by atomic mass is 14.8. The van der Waals surface area contributed by atoms with Crippen LogP contribution in [-0.4, -0.2) is 9.97 Å². The SMILES string of the molecule is Cc1ccccc1Cc1cccc(-c2ccccn2)n1. The average molecular weight is 260 g/mol. The molecule has 0 aliphatic carbocycles. The third-order valence-corrected chi connectivity index (χ3v) is 3.37. The molecule has 0 aliphatic rings. The van der Waals surface area contributed by atoms with E-state index in [2.05, 4.69) is 42.2 Å². The maximum absolute atomic E-state index is 4.72. The Labute approximate surface area is 119 Å². The summed E-state index contributed by atoms with van der Waals surface area (Å²) in [6.07, 6.45) is 2.65. The normalized spacial score (nSPS) is 10.4. The summed E-state index contributed by atoms with van der Waals surface area (Å²) in [5.74, 6) is 0. The van der Waals surface area contributed by atoms with Gasteiger partial charge in [-0.15, -0.1) is 0 Å². The Morgan fingerprint density at radius 1 is 0.800 bits per heavy atom. The highest BCUT2D eigenvalue weighted by Gasteiger charge is 2.04. The van der Waals surface area contributed by atoms with Crippen molar-refractivity contribution < 1.29 is 0 Å². The van der Waals surface area contributed by atoms with Gasteiger partial charge in [-0.25, -0.2) is 0 Å². The van der Waals surface area contributed by atoms with Gasteiger partial charge in [-0.3, -0.25) is 9.97 Å². The molecule has 2 nitrogen and oxygen atoms in total. The minimum absolute atomic E-state index is 0.855. The van der Waals surface area contributed by atoms with Gasteiger partial charge in [0, 0.05) is 18.3 Å². The van der Waals surface area contributed by atoms with E-state index in [-0.39, 0.29) is 0 Å². The molecule has 0 atom stereocenters. The third kappa shape index (κ3) is 2.75. The fourth-order valence-electron chi connectivity index (χ4n) is 2.24. The van der Waals surface area contributed by atoms with Crippen LogP contribution in [0.15, 0.2) is 66.9 Å². The van der Waals surface area contributed by atoms with Gasteiger partial charge in [0.2, 0.25) is 0 Å². The lowest BCUT2D eigenvalue weighted by Gasteiger charge is -2.06. The first-order chi connectivity index (χ1) is 9.83. The topological polar surface area (TPSA) is 25.8 Å². The van der Waals surface area contributed by atoms with Crippen molar-refractivity contribution >= 4 is 0 Å². The molecular formula is C18H16N2. The predicted molar refractivity (Wildman–Crippen MR) is 81.5 cm³/mol. The largest absolute Gasteiger partial charge is 0.255 e. The zero-order valence-electron chi connectivity index (χ0n) is 11.5. The molecule has 0 fully saturated rings. The zero-order valence-corrected chi connectivity index (χ0v) is 11.5. The van der Waals surface area contributed by atoms with E-state index in [9.17, 15) is 0 Å². The Morgan fingerprint density at radius 2 is 1.60 bits per heavy atom. The molecule has 98 valence electrons. The Hall–Kier alpha value is -2.48. The molecule has 0 amide bonds. The van der Waals surface area contributed by atoms with Crippen LogP contribution in [0, 0.1) is 6.92 Å². The van der Waals surface area contributed by atoms with Crippen LogP contribution in [0.1, 0.15) is 16.8 Å². The lowest BCUT2D eigenvalue weighted by atomic mass is 10.0. The van der Waals surface area contributed by atoms with Crippen LogP contribution in [0.5, 0.6) is 0 Å². The van der Waals surface area contributed by atoms with Gasteiger partial charge in [0.05, 0.1) is 11.4 Å². The molecule has 2 heterocycles. The second kappa shape index (κ2) is 5.66. The molecule has 2 heteroatoms. The van der Waals surface area contributed by atoms with Crippen molar-refractivity contribution in [3.05, 3.63) is 83.7 Å². The molecule has 0 saturated heterocycles. The molecular weight excluding hydrogens is 244 g/mol. The Morgan fingerprint density at radius 3 is 2.40 bits per heavy atom. The van der Waals surface area contributed by atoms with Crippen LogP contribution in [-0.2, 0) is 6.42 Å². The van der Waals surface area contributed by atoms with Crippen LogP contribution in [0.2, 0.25) is 0 Å². The maximum atomic E-state index is 4.72. The summed E-state index contributed by atoms with van der Waals surface area (Å²) in [4.78, 5) is 9.07. The van der Waals surface area contributed by atoms with Crippen molar-refractivity contribution in [2.24, 2.45) is 0 Å². The number of aryl methyl sites for hydroxylation is 1. The number of aromatic nitrogens is 2. The predicted octanol–water partition coefficient (Wildman–Crippen LogP) is 4.04. The van der Waals surface area contributed by atoms with Crippen molar-refractivity contribution in [3.63, 3.8) is 0 Å². The fraction of sp³-hybridized carbons (Fsp3) is 0.111. The smallest absolute Gasteiger partial charge is 0.0889 e. The van der Waals surface area contributed by atoms with Crippen LogP contribution in [0.4, 0.5) is 0 Å². The highest BCUT2D eigenvalue weighted by molar-refractivity contribution is 5.53. The van der Waals surface area contributed by atoms with E-state index >= 15 is 0 Å². The first-order valence-electron chi connectivity index (χ1n) is 6.75. The maximum Gasteiger partial charge on any atom is 0.0889 e. The van der Waals surface area contributed by atoms with E-state index in [0.717, 1.165) is 23.5 Å². The molecule has 0 bridgehead atoms. The number of hydrogen-bond donors (Lipinski definition) is 0. The number of benzene rings is 1. The molecule has 3 aromatic rings. The van der Waals surface area contributed by atoms with E-state index < -0.39 is 0 Å². The minimum Gasteiger partial charge on any atom is -0.255 e. The van der Waals surface area contributed by atoms with Crippen LogP contribution >= 0.6 is 0 Å². The summed E-state index contributed by atoms with van der Waals surface area (Å²) >= 11 is 0. The molecule has 2 aromatic heterocycles. The van der Waals surface area contributed by atoms with Crippen LogP contribution < -0.4 is 0 Å². The molecule has 0 unspecified atom stereocenters. The van der Waals surface area contributed by atoms with E-state index in [1.807, 2.05) is 30.3 Å². The molecule has 1 aromatic carbocycles. The summed E-state index contributed by atoms with van der Waals surface area (Å²) in [5, 5.41) is 0. The molecule has 0 aliphatic heterocycles. The van der Waals surface area contributed by atoms with E-state index in [1.165, 1.54) is 11.1 Å². The van der Waals surface area contributed by atoms with Crippen molar-refractivity contribution in [1.82, 2.24) is 9.97 Å². The molecule has 0 spiro atoms. The van der Waals surface area contributed by atoms with Gasteiger partial charge in [-0.2, -0.15) is 0 Å². The van der Waals surface area contributed by atoms with E-state index in [1.54, 1.807) is 6.20 Å². The minimum atomic E-state index is 0.855. The van der Waals surface area contributed by atoms with Crippen molar-refractivity contribution in [2.75, 3.05) is 0 Å². The first-order valence-corrected chi connectivity index (χ1v) is 6.75. The van der Waals surface area contributed by atoms with Crippen molar-refractivity contribution in [2.45, 2.75) is 13.3 Å². The van der Waals surface area contributed by atoms with Gasteiger partial charge in [0.15, 0.2) is 0 Å². The molecule has 20 heavy (non-hydrogen) atoms. The van der Waals surface area contributed by atoms with Gasteiger partial charge in [-0.1, -0.05) is 36.4 Å². The van der Waals surface area contributed by atoms with Gasteiger partial charge >= 0.3 is 0 Å². The Bertz CT molecular complexity index is 705. The zero-order chi connectivity index (χ0) is 13.8. The van der Waals surface area contributed by atoms with Crippen LogP contribution in [0.3, 0.4) is 0 Å². The lowest BCUT2D eigenvalue weighted by Crippen LogP contribution is -1.96. The summed E-state index contributed by atoms with van der Waals surface area (Å²) in [7, 11) is 0. The number of pyridine rings is 2. The Balaban J connectivity index is 1.91. The second-order valence-electron chi connectivity index (χ2n) is 4.83. The quantitative estimate of drug-likeness (QED) is 0.710. The summed E-state index contributed by atoms with van der Waals surface area (Å²) in [6, 6.07) is 20.4. The first kappa shape index (κ1) is 12.5. The van der Waals surface area contributed by atoms with Gasteiger partial charge in [-0.05, 0) is 42.3 Å². The van der Waals surface area contributed by atoms with Gasteiger partial charge in [0.25, 0.3) is 0 Å². The molecule has 3 rings (SSSR count). The number of nitrogens with zero attached hydrogens (tertiary/aromatic N) is 2. The van der Waals surface area contributed by atoms with Crippen LogP contribution in [0.25, 0.3) is 11.4 Å². The fourth-order valence-corrected chi connectivity index (χ4v) is 2.24. The monoisotopic (exact) mass is 260 g/mol.